The summed E-state index contributed by atoms with van der Waals surface area (Å²) >= 11 is 0. The molecular formula is C9H14N2O. The molecule has 0 unspecified atom stereocenters. The topological polar surface area (TPSA) is 26.7 Å². The number of nitrogens with zero attached hydrogens (tertiary/aromatic N) is 2. The van der Waals surface area contributed by atoms with Crippen LogP contribution in [0, 0.1) is 0 Å². The molecule has 0 amide bonds. The number of rotatable bonds is 2. The smallest absolute Gasteiger partial charge is 0.0632 e. The van der Waals surface area contributed by atoms with Gasteiger partial charge in [-0.3, -0.25) is 10.3 Å². The average Bonchev–Trinajstić information content (AvgIpc) is 2.04. The second-order valence-electron chi connectivity index (χ2n) is 2.93. The number of hydrogen-bond donors (Lipinski definition) is 1. The Bertz CT molecular complexity index is 214. The second kappa shape index (κ2) is 3.45. The summed E-state index contributed by atoms with van der Waals surface area (Å²) in [6, 6.07) is 7.66. The van der Waals surface area contributed by atoms with Crippen LogP contribution in [-0.2, 0) is 0 Å². The molecule has 66 valence electrons. The summed E-state index contributed by atoms with van der Waals surface area (Å²) in [7, 11) is 5.57. The molecule has 0 aliphatic heterocycles. The first-order valence-electron chi connectivity index (χ1n) is 3.81. The van der Waals surface area contributed by atoms with Crippen molar-refractivity contribution in [1.29, 1.82) is 0 Å². The van der Waals surface area contributed by atoms with Gasteiger partial charge in [0.05, 0.1) is 5.69 Å². The van der Waals surface area contributed by atoms with Crippen LogP contribution in [0.15, 0.2) is 24.3 Å². The van der Waals surface area contributed by atoms with Gasteiger partial charge in [-0.15, -0.1) is 0 Å². The van der Waals surface area contributed by atoms with E-state index in [4.69, 9.17) is 5.21 Å². The SMILES string of the molecule is CN(C)c1ccc(N(C)O)cc1. The van der Waals surface area contributed by atoms with Crippen molar-refractivity contribution >= 4 is 11.4 Å². The highest BCUT2D eigenvalue weighted by Gasteiger charge is 1.97. The van der Waals surface area contributed by atoms with Gasteiger partial charge < -0.3 is 4.90 Å². The lowest BCUT2D eigenvalue weighted by Crippen LogP contribution is -2.11. The van der Waals surface area contributed by atoms with Crippen LogP contribution >= 0.6 is 0 Å². The van der Waals surface area contributed by atoms with Crippen LogP contribution in [0.4, 0.5) is 11.4 Å². The fourth-order valence-corrected chi connectivity index (χ4v) is 0.967. The molecule has 0 heterocycles. The van der Waals surface area contributed by atoms with Crippen molar-refractivity contribution in [3.8, 4) is 0 Å². The Hall–Kier alpha value is -1.22. The van der Waals surface area contributed by atoms with Gasteiger partial charge in [-0.1, -0.05) is 0 Å². The average molecular weight is 166 g/mol. The Balaban J connectivity index is 2.86. The Morgan fingerprint density at radius 2 is 1.33 bits per heavy atom. The van der Waals surface area contributed by atoms with Gasteiger partial charge in [-0.2, -0.15) is 0 Å². The molecule has 0 atom stereocenters. The van der Waals surface area contributed by atoms with Crippen molar-refractivity contribution in [2.24, 2.45) is 0 Å². The third-order valence-electron chi connectivity index (χ3n) is 1.74. The fourth-order valence-electron chi connectivity index (χ4n) is 0.967. The zero-order chi connectivity index (χ0) is 9.14. The van der Waals surface area contributed by atoms with Crippen LogP contribution in [0.2, 0.25) is 0 Å². The standard InChI is InChI=1S/C9H14N2O/c1-10(2)8-4-6-9(7-5-8)11(3)12/h4-7,12H,1-3H3. The molecule has 0 bridgehead atoms. The number of hydroxylamine groups is 1. The molecular weight excluding hydrogens is 152 g/mol. The molecule has 0 aliphatic rings. The number of benzene rings is 1. The molecule has 12 heavy (non-hydrogen) atoms. The molecule has 1 rings (SSSR count). The summed E-state index contributed by atoms with van der Waals surface area (Å²) in [5, 5.41) is 10.2. The molecule has 1 aromatic rings. The maximum Gasteiger partial charge on any atom is 0.0632 e. The normalized spacial score (nSPS) is 9.67. The summed E-state index contributed by atoms with van der Waals surface area (Å²) < 4.78 is 0. The third kappa shape index (κ3) is 1.89. The van der Waals surface area contributed by atoms with Crippen LogP contribution < -0.4 is 9.96 Å². The third-order valence-corrected chi connectivity index (χ3v) is 1.74. The summed E-state index contributed by atoms with van der Waals surface area (Å²) in [5.41, 5.74) is 1.92. The van der Waals surface area contributed by atoms with Crippen molar-refractivity contribution in [3.05, 3.63) is 24.3 Å². The zero-order valence-corrected chi connectivity index (χ0v) is 7.65. The first kappa shape index (κ1) is 8.87. The van der Waals surface area contributed by atoms with E-state index in [1.807, 2.05) is 43.3 Å². The molecule has 1 aromatic carbocycles. The Labute approximate surface area is 72.8 Å². The Morgan fingerprint density at radius 1 is 0.917 bits per heavy atom. The predicted octanol–water partition coefficient (Wildman–Crippen LogP) is 1.58. The van der Waals surface area contributed by atoms with Gasteiger partial charge in [0.25, 0.3) is 0 Å². The van der Waals surface area contributed by atoms with Crippen molar-refractivity contribution < 1.29 is 5.21 Å². The minimum atomic E-state index is 0.792. The van der Waals surface area contributed by atoms with Crippen LogP contribution in [-0.4, -0.2) is 26.4 Å². The molecule has 3 nitrogen and oxygen atoms in total. The second-order valence-corrected chi connectivity index (χ2v) is 2.93. The first-order chi connectivity index (χ1) is 5.61. The van der Waals surface area contributed by atoms with Crippen molar-refractivity contribution in [2.45, 2.75) is 0 Å². The highest BCUT2D eigenvalue weighted by molar-refractivity contribution is 5.54. The minimum absolute atomic E-state index is 0.792. The van der Waals surface area contributed by atoms with Crippen LogP contribution in [0.5, 0.6) is 0 Å². The van der Waals surface area contributed by atoms with E-state index in [-0.39, 0.29) is 0 Å². The summed E-state index contributed by atoms with van der Waals surface area (Å²) in [6.45, 7) is 0. The van der Waals surface area contributed by atoms with Gasteiger partial charge in [-0.25, -0.2) is 0 Å². The van der Waals surface area contributed by atoms with Crippen LogP contribution in [0.3, 0.4) is 0 Å². The monoisotopic (exact) mass is 166 g/mol. The first-order valence-corrected chi connectivity index (χ1v) is 3.81. The van der Waals surface area contributed by atoms with E-state index in [0.29, 0.717) is 0 Å². The van der Waals surface area contributed by atoms with E-state index in [2.05, 4.69) is 0 Å². The highest BCUT2D eigenvalue weighted by Crippen LogP contribution is 2.16. The van der Waals surface area contributed by atoms with Gasteiger partial charge in [0.1, 0.15) is 0 Å². The quantitative estimate of drug-likeness (QED) is 0.676. The lowest BCUT2D eigenvalue weighted by molar-refractivity contribution is 0.279. The summed E-state index contributed by atoms with van der Waals surface area (Å²) in [6.07, 6.45) is 0. The van der Waals surface area contributed by atoms with E-state index in [0.717, 1.165) is 16.4 Å². The van der Waals surface area contributed by atoms with Gasteiger partial charge in [0, 0.05) is 26.8 Å². The van der Waals surface area contributed by atoms with Gasteiger partial charge in [0.2, 0.25) is 0 Å². The number of hydrogen-bond acceptors (Lipinski definition) is 3. The maximum atomic E-state index is 9.07. The lowest BCUT2D eigenvalue weighted by Gasteiger charge is -2.14. The molecule has 0 aromatic heterocycles. The largest absolute Gasteiger partial charge is 0.378 e. The molecule has 0 aliphatic carbocycles. The molecule has 0 saturated heterocycles. The maximum absolute atomic E-state index is 9.07. The lowest BCUT2D eigenvalue weighted by atomic mass is 10.2. The van der Waals surface area contributed by atoms with E-state index >= 15 is 0 Å². The zero-order valence-electron chi connectivity index (χ0n) is 7.65. The fraction of sp³-hybridized carbons (Fsp3) is 0.333. The minimum Gasteiger partial charge on any atom is -0.378 e. The molecule has 0 saturated carbocycles. The van der Waals surface area contributed by atoms with Gasteiger partial charge >= 0.3 is 0 Å². The summed E-state index contributed by atoms with van der Waals surface area (Å²) in [5.74, 6) is 0. The highest BCUT2D eigenvalue weighted by atomic mass is 16.5. The Morgan fingerprint density at radius 3 is 1.67 bits per heavy atom. The van der Waals surface area contributed by atoms with Crippen LogP contribution in [0.25, 0.3) is 0 Å². The predicted molar refractivity (Wildman–Crippen MR) is 51.0 cm³/mol. The van der Waals surface area contributed by atoms with Crippen molar-refractivity contribution in [3.63, 3.8) is 0 Å². The molecule has 3 heteroatoms. The molecule has 1 N–H and O–H groups in total. The van der Waals surface area contributed by atoms with E-state index in [1.165, 1.54) is 0 Å². The molecule has 0 fully saturated rings. The van der Waals surface area contributed by atoms with Crippen molar-refractivity contribution in [2.75, 3.05) is 31.1 Å². The Kier molecular flexibility index (Phi) is 2.55. The van der Waals surface area contributed by atoms with Gasteiger partial charge in [-0.05, 0) is 24.3 Å². The van der Waals surface area contributed by atoms with Gasteiger partial charge in [0.15, 0.2) is 0 Å². The molecule has 0 spiro atoms. The summed E-state index contributed by atoms with van der Waals surface area (Å²) in [4.78, 5) is 2.02. The molecule has 0 radical (unpaired) electrons. The van der Waals surface area contributed by atoms with E-state index < -0.39 is 0 Å². The van der Waals surface area contributed by atoms with E-state index in [9.17, 15) is 0 Å². The van der Waals surface area contributed by atoms with Crippen LogP contribution in [0.1, 0.15) is 0 Å². The van der Waals surface area contributed by atoms with E-state index in [1.54, 1.807) is 7.05 Å². The van der Waals surface area contributed by atoms with Crippen molar-refractivity contribution in [1.82, 2.24) is 0 Å². The number of anilines is 2.